The molecule has 0 aliphatic rings. The van der Waals surface area contributed by atoms with E-state index in [-0.39, 0.29) is 5.56 Å². The van der Waals surface area contributed by atoms with Gasteiger partial charge in [-0.25, -0.2) is 4.39 Å². The summed E-state index contributed by atoms with van der Waals surface area (Å²) in [5.41, 5.74) is -0.759. The third kappa shape index (κ3) is 3.01. The van der Waals surface area contributed by atoms with E-state index in [1.54, 1.807) is 6.92 Å². The largest absolute Gasteiger partial charge is 0.336 e. The quantitative estimate of drug-likeness (QED) is 0.651. The number of benzene rings is 1. The van der Waals surface area contributed by atoms with Gasteiger partial charge in [-0.2, -0.15) is 5.26 Å². The van der Waals surface area contributed by atoms with E-state index in [2.05, 4.69) is 5.32 Å². The van der Waals surface area contributed by atoms with Crippen molar-refractivity contribution in [3.8, 4) is 6.07 Å². The van der Waals surface area contributed by atoms with E-state index in [4.69, 9.17) is 5.26 Å². The highest BCUT2D eigenvalue weighted by atomic mass is 19.1. The molecule has 0 fully saturated rings. The molecule has 0 aromatic heterocycles. The fourth-order valence-electron chi connectivity index (χ4n) is 1.26. The first-order valence-electron chi connectivity index (χ1n) is 5.14. The Morgan fingerprint density at radius 3 is 2.78 bits per heavy atom. The van der Waals surface area contributed by atoms with Gasteiger partial charge in [0.15, 0.2) is 0 Å². The van der Waals surface area contributed by atoms with Crippen LogP contribution >= 0.6 is 0 Å². The van der Waals surface area contributed by atoms with Crippen molar-refractivity contribution in [1.82, 2.24) is 5.32 Å². The Morgan fingerprint density at radius 1 is 1.67 bits per heavy atom. The molecule has 0 saturated carbocycles. The van der Waals surface area contributed by atoms with Crippen LogP contribution in [0.3, 0.4) is 0 Å². The first-order valence-corrected chi connectivity index (χ1v) is 5.14. The molecule has 1 amide bonds. The molecule has 0 bridgehead atoms. The lowest BCUT2D eigenvalue weighted by Crippen LogP contribution is -2.33. The number of nitriles is 1. The number of nitro groups is 1. The Morgan fingerprint density at radius 2 is 2.33 bits per heavy atom. The summed E-state index contributed by atoms with van der Waals surface area (Å²) in [6, 6.07) is 3.85. The molecule has 0 heterocycles. The number of hydrogen-bond donors (Lipinski definition) is 1. The van der Waals surface area contributed by atoms with E-state index in [1.807, 2.05) is 6.07 Å². The van der Waals surface area contributed by atoms with Gasteiger partial charge in [0.05, 0.1) is 22.6 Å². The molecule has 1 atom stereocenters. The van der Waals surface area contributed by atoms with E-state index in [1.165, 1.54) is 0 Å². The van der Waals surface area contributed by atoms with E-state index in [0.717, 1.165) is 12.1 Å². The second-order valence-corrected chi connectivity index (χ2v) is 3.48. The number of halogens is 1. The van der Waals surface area contributed by atoms with Crippen LogP contribution in [0.5, 0.6) is 0 Å². The second kappa shape index (κ2) is 5.72. The van der Waals surface area contributed by atoms with Gasteiger partial charge in [0.2, 0.25) is 0 Å². The minimum Gasteiger partial charge on any atom is -0.336 e. The number of hydrogen-bond acceptors (Lipinski definition) is 4. The minimum absolute atomic E-state index is 0.325. The van der Waals surface area contributed by atoms with Gasteiger partial charge >= 0.3 is 0 Å². The van der Waals surface area contributed by atoms with Crippen LogP contribution in [0.25, 0.3) is 0 Å². The smallest absolute Gasteiger partial charge is 0.272 e. The maximum Gasteiger partial charge on any atom is 0.272 e. The molecule has 0 radical (unpaired) electrons. The lowest BCUT2D eigenvalue weighted by molar-refractivity contribution is -0.385. The second-order valence-electron chi connectivity index (χ2n) is 3.48. The highest BCUT2D eigenvalue weighted by Gasteiger charge is 2.18. The number of nitrogens with one attached hydrogen (secondary N) is 1. The fraction of sp³-hybridized carbons (Fsp3) is 0.273. The zero-order valence-electron chi connectivity index (χ0n) is 9.51. The summed E-state index contributed by atoms with van der Waals surface area (Å²) < 4.78 is 13.5. The van der Waals surface area contributed by atoms with Crippen LogP contribution in [0.2, 0.25) is 0 Å². The standard InChI is InChI=1S/C11H10FN3O3/c1-2-7(6-13)14-11(16)9-4-3-8(15(17)18)5-10(9)12/h3-5,7H,2H2,1H3,(H,14,16). The third-order valence-corrected chi connectivity index (χ3v) is 2.28. The average molecular weight is 251 g/mol. The van der Waals surface area contributed by atoms with Gasteiger partial charge in [-0.05, 0) is 12.5 Å². The fourth-order valence-corrected chi connectivity index (χ4v) is 1.26. The maximum atomic E-state index is 13.5. The summed E-state index contributed by atoms with van der Waals surface area (Å²) >= 11 is 0. The molecular weight excluding hydrogens is 241 g/mol. The number of nitro benzene ring substituents is 1. The number of amides is 1. The van der Waals surface area contributed by atoms with Gasteiger partial charge < -0.3 is 5.32 Å². The Hall–Kier alpha value is -2.49. The highest BCUT2D eigenvalue weighted by Crippen LogP contribution is 2.16. The van der Waals surface area contributed by atoms with Crippen molar-refractivity contribution in [3.63, 3.8) is 0 Å². The molecule has 0 aliphatic carbocycles. The van der Waals surface area contributed by atoms with E-state index < -0.39 is 28.4 Å². The van der Waals surface area contributed by atoms with E-state index in [0.29, 0.717) is 12.5 Å². The molecular formula is C11H10FN3O3. The van der Waals surface area contributed by atoms with Gasteiger partial charge in [0.1, 0.15) is 11.9 Å². The minimum atomic E-state index is -0.991. The van der Waals surface area contributed by atoms with Crippen LogP contribution in [0.15, 0.2) is 18.2 Å². The van der Waals surface area contributed by atoms with Crippen molar-refractivity contribution in [2.24, 2.45) is 0 Å². The van der Waals surface area contributed by atoms with E-state index >= 15 is 0 Å². The van der Waals surface area contributed by atoms with Gasteiger partial charge in [0, 0.05) is 6.07 Å². The van der Waals surface area contributed by atoms with Crippen molar-refractivity contribution < 1.29 is 14.1 Å². The molecule has 1 aromatic rings. The average Bonchev–Trinajstić information content (AvgIpc) is 2.35. The molecule has 18 heavy (non-hydrogen) atoms. The summed E-state index contributed by atoms with van der Waals surface area (Å²) in [7, 11) is 0. The van der Waals surface area contributed by atoms with Gasteiger partial charge in [-0.3, -0.25) is 14.9 Å². The molecule has 1 N–H and O–H groups in total. The number of carbonyl (C=O) groups excluding carboxylic acids is 1. The third-order valence-electron chi connectivity index (χ3n) is 2.28. The molecule has 0 saturated heterocycles. The monoisotopic (exact) mass is 251 g/mol. The van der Waals surface area contributed by atoms with Crippen LogP contribution in [-0.2, 0) is 0 Å². The van der Waals surface area contributed by atoms with Crippen LogP contribution in [-0.4, -0.2) is 16.9 Å². The molecule has 6 nitrogen and oxygen atoms in total. The topological polar surface area (TPSA) is 96.0 Å². The maximum absolute atomic E-state index is 13.5. The Kier molecular flexibility index (Phi) is 4.32. The number of non-ortho nitro benzene ring substituents is 1. The van der Waals surface area contributed by atoms with E-state index in [9.17, 15) is 19.3 Å². The normalized spacial score (nSPS) is 11.4. The molecule has 0 aliphatic heterocycles. The zero-order chi connectivity index (χ0) is 13.7. The van der Waals surface area contributed by atoms with Crippen molar-refractivity contribution in [1.29, 1.82) is 5.26 Å². The summed E-state index contributed by atoms with van der Waals surface area (Å²) in [6.45, 7) is 1.69. The van der Waals surface area contributed by atoms with Crippen LogP contribution in [0.1, 0.15) is 23.7 Å². The summed E-state index contributed by atoms with van der Waals surface area (Å²) in [5.74, 6) is -1.76. The van der Waals surface area contributed by atoms with Crippen molar-refractivity contribution >= 4 is 11.6 Å². The van der Waals surface area contributed by atoms with Crippen molar-refractivity contribution in [2.45, 2.75) is 19.4 Å². The Labute approximate surface area is 102 Å². The van der Waals surface area contributed by atoms with Crippen molar-refractivity contribution in [3.05, 3.63) is 39.7 Å². The summed E-state index contributed by atoms with van der Waals surface area (Å²) in [5, 5.41) is 21.4. The number of nitrogens with zero attached hydrogens (tertiary/aromatic N) is 2. The van der Waals surface area contributed by atoms with Gasteiger partial charge in [-0.15, -0.1) is 0 Å². The van der Waals surface area contributed by atoms with Crippen LogP contribution in [0, 0.1) is 27.3 Å². The molecule has 94 valence electrons. The predicted octanol–water partition coefficient (Wildman–Crippen LogP) is 1.77. The molecule has 1 unspecified atom stereocenters. The lowest BCUT2D eigenvalue weighted by atomic mass is 10.1. The SMILES string of the molecule is CCC(C#N)NC(=O)c1ccc([N+](=O)[O-])cc1F. The van der Waals surface area contributed by atoms with Gasteiger partial charge in [0.25, 0.3) is 11.6 Å². The first-order chi connectivity index (χ1) is 8.49. The number of rotatable bonds is 4. The van der Waals surface area contributed by atoms with Crippen LogP contribution < -0.4 is 5.32 Å². The first kappa shape index (κ1) is 13.6. The Balaban J connectivity index is 2.94. The molecule has 7 heteroatoms. The lowest BCUT2D eigenvalue weighted by Gasteiger charge is -2.09. The van der Waals surface area contributed by atoms with Gasteiger partial charge in [-0.1, -0.05) is 6.92 Å². The highest BCUT2D eigenvalue weighted by molar-refractivity contribution is 5.95. The molecule has 0 spiro atoms. The summed E-state index contributed by atoms with van der Waals surface area (Å²) in [4.78, 5) is 21.2. The van der Waals surface area contributed by atoms with Crippen LogP contribution in [0.4, 0.5) is 10.1 Å². The zero-order valence-corrected chi connectivity index (χ0v) is 9.51. The molecule has 1 rings (SSSR count). The van der Waals surface area contributed by atoms with Crippen molar-refractivity contribution in [2.75, 3.05) is 0 Å². The molecule has 1 aromatic carbocycles. The predicted molar refractivity (Wildman–Crippen MR) is 60.2 cm³/mol. The summed E-state index contributed by atoms with van der Waals surface area (Å²) in [6.07, 6.45) is 0.386. The number of carbonyl (C=O) groups is 1. The Bertz CT molecular complexity index is 525.